The van der Waals surface area contributed by atoms with Crippen molar-refractivity contribution >= 4 is 17.2 Å². The van der Waals surface area contributed by atoms with Gasteiger partial charge in [-0.25, -0.2) is 0 Å². The molecule has 0 spiro atoms. The van der Waals surface area contributed by atoms with Crippen molar-refractivity contribution in [1.29, 1.82) is 0 Å². The molecule has 0 unspecified atom stereocenters. The van der Waals surface area contributed by atoms with Gasteiger partial charge < -0.3 is 10.8 Å². The van der Waals surface area contributed by atoms with Gasteiger partial charge in [0.1, 0.15) is 0 Å². The van der Waals surface area contributed by atoms with Gasteiger partial charge in [-0.1, -0.05) is 25.1 Å². The van der Waals surface area contributed by atoms with Crippen LogP contribution in [-0.4, -0.2) is 41.7 Å². The highest BCUT2D eigenvalue weighted by molar-refractivity contribution is 7.80. The maximum absolute atomic E-state index is 8.55. The molecule has 4 heteroatoms. The van der Waals surface area contributed by atoms with Gasteiger partial charge in [0.05, 0.1) is 4.99 Å². The molecule has 0 aromatic rings. The fourth-order valence-electron chi connectivity index (χ4n) is 1.19. The summed E-state index contributed by atoms with van der Waals surface area (Å²) >= 11 is 4.80. The Morgan fingerprint density at radius 2 is 1.92 bits per heavy atom. The molecule has 0 aromatic carbocycles. The Morgan fingerprint density at radius 1 is 1.31 bits per heavy atom. The number of likely N-dealkylation sites (N-methyl/N-ethyl adjacent to an activating group) is 1. The molecule has 0 saturated carbocycles. The summed E-state index contributed by atoms with van der Waals surface area (Å²) in [6, 6.07) is 0. The van der Waals surface area contributed by atoms with Crippen LogP contribution < -0.4 is 5.73 Å². The van der Waals surface area contributed by atoms with E-state index in [0.717, 1.165) is 25.8 Å². The highest BCUT2D eigenvalue weighted by Crippen LogP contribution is 1.99. The van der Waals surface area contributed by atoms with Crippen molar-refractivity contribution in [1.82, 2.24) is 4.90 Å². The van der Waals surface area contributed by atoms with Gasteiger partial charge in [-0.15, -0.1) is 0 Å². The number of nitrogens with zero attached hydrogens (tertiary/aromatic N) is 1. The van der Waals surface area contributed by atoms with Crippen LogP contribution in [0.5, 0.6) is 0 Å². The normalized spacial score (nSPS) is 10.7. The minimum absolute atomic E-state index is 0.308. The molecule has 0 fully saturated rings. The van der Waals surface area contributed by atoms with Crippen molar-refractivity contribution in [2.24, 2.45) is 5.73 Å². The molecule has 0 heterocycles. The van der Waals surface area contributed by atoms with E-state index >= 15 is 0 Å². The van der Waals surface area contributed by atoms with Gasteiger partial charge in [0, 0.05) is 13.2 Å². The van der Waals surface area contributed by atoms with Crippen LogP contribution in [0.1, 0.15) is 25.7 Å². The molecule has 0 atom stereocenters. The van der Waals surface area contributed by atoms with Gasteiger partial charge in [0.15, 0.2) is 0 Å². The lowest BCUT2D eigenvalue weighted by molar-refractivity contribution is 0.280. The first-order valence-electron chi connectivity index (χ1n) is 4.74. The van der Waals surface area contributed by atoms with Gasteiger partial charge >= 0.3 is 0 Å². The molecule has 0 rings (SSSR count). The molecule has 0 aliphatic heterocycles. The molecule has 0 aromatic heterocycles. The quantitative estimate of drug-likeness (QED) is 0.453. The lowest BCUT2D eigenvalue weighted by atomic mass is 10.2. The molecular weight excluding hydrogens is 184 g/mol. The summed E-state index contributed by atoms with van der Waals surface area (Å²) in [5.41, 5.74) is 5.40. The van der Waals surface area contributed by atoms with E-state index < -0.39 is 0 Å². The predicted molar refractivity (Wildman–Crippen MR) is 59.8 cm³/mol. The van der Waals surface area contributed by atoms with E-state index in [9.17, 15) is 0 Å². The Kier molecular flexibility index (Phi) is 8.29. The standard InChI is InChI=1S/C9H20N2OS/c1-11(8-9(10)13)6-4-2-3-5-7-12/h12H,2-8H2,1H3,(H2,10,13). The highest BCUT2D eigenvalue weighted by Gasteiger charge is 1.98. The second-order valence-electron chi connectivity index (χ2n) is 3.34. The maximum atomic E-state index is 8.55. The Bertz CT molecular complexity index is 142. The minimum Gasteiger partial charge on any atom is -0.396 e. The Balaban J connectivity index is 3.17. The van der Waals surface area contributed by atoms with Gasteiger partial charge in [-0.3, -0.25) is 4.90 Å². The number of nitrogens with two attached hydrogens (primary N) is 1. The Morgan fingerprint density at radius 3 is 2.46 bits per heavy atom. The Labute approximate surface area is 85.9 Å². The summed E-state index contributed by atoms with van der Waals surface area (Å²) in [5.74, 6) is 0. The van der Waals surface area contributed by atoms with E-state index in [2.05, 4.69) is 4.90 Å². The first-order valence-corrected chi connectivity index (χ1v) is 5.15. The summed E-state index contributed by atoms with van der Waals surface area (Å²) in [7, 11) is 2.02. The van der Waals surface area contributed by atoms with E-state index in [1.807, 2.05) is 7.05 Å². The second-order valence-corrected chi connectivity index (χ2v) is 3.87. The molecule has 0 aliphatic carbocycles. The number of rotatable bonds is 8. The van der Waals surface area contributed by atoms with Crippen LogP contribution >= 0.6 is 12.2 Å². The zero-order valence-corrected chi connectivity index (χ0v) is 9.15. The molecule has 78 valence electrons. The largest absolute Gasteiger partial charge is 0.396 e. The summed E-state index contributed by atoms with van der Waals surface area (Å²) in [6.45, 7) is 2.04. The van der Waals surface area contributed by atoms with E-state index in [1.165, 1.54) is 6.42 Å². The molecule has 13 heavy (non-hydrogen) atoms. The van der Waals surface area contributed by atoms with E-state index in [1.54, 1.807) is 0 Å². The van der Waals surface area contributed by atoms with Gasteiger partial charge in [-0.05, 0) is 26.4 Å². The summed E-state index contributed by atoms with van der Waals surface area (Å²) in [4.78, 5) is 2.68. The second kappa shape index (κ2) is 8.41. The van der Waals surface area contributed by atoms with Crippen molar-refractivity contribution in [2.75, 3.05) is 26.7 Å². The van der Waals surface area contributed by atoms with Crippen LogP contribution in [0.3, 0.4) is 0 Å². The summed E-state index contributed by atoms with van der Waals surface area (Å²) in [5, 5.41) is 8.55. The molecular formula is C9H20N2OS. The average Bonchev–Trinajstić information content (AvgIpc) is 2.02. The molecule has 3 nitrogen and oxygen atoms in total. The number of thiocarbonyl (C=S) groups is 1. The van der Waals surface area contributed by atoms with Crippen LogP contribution in [0.4, 0.5) is 0 Å². The van der Waals surface area contributed by atoms with Gasteiger partial charge in [-0.2, -0.15) is 0 Å². The number of hydrogen-bond acceptors (Lipinski definition) is 3. The molecule has 0 radical (unpaired) electrons. The van der Waals surface area contributed by atoms with Gasteiger partial charge in [0.25, 0.3) is 0 Å². The van der Waals surface area contributed by atoms with Crippen molar-refractivity contribution in [3.05, 3.63) is 0 Å². The number of aliphatic hydroxyl groups is 1. The summed E-state index contributed by atoms with van der Waals surface area (Å²) < 4.78 is 0. The number of aliphatic hydroxyl groups excluding tert-OH is 1. The minimum atomic E-state index is 0.308. The summed E-state index contributed by atoms with van der Waals surface area (Å²) in [6.07, 6.45) is 4.35. The van der Waals surface area contributed by atoms with Crippen molar-refractivity contribution < 1.29 is 5.11 Å². The van der Waals surface area contributed by atoms with Crippen LogP contribution in [0.15, 0.2) is 0 Å². The molecule has 0 aliphatic rings. The molecule has 0 amide bonds. The third-order valence-electron chi connectivity index (χ3n) is 1.87. The van der Waals surface area contributed by atoms with Crippen LogP contribution in [0, 0.1) is 0 Å². The van der Waals surface area contributed by atoms with Crippen molar-refractivity contribution in [3.8, 4) is 0 Å². The van der Waals surface area contributed by atoms with Crippen molar-refractivity contribution in [2.45, 2.75) is 25.7 Å². The first-order chi connectivity index (χ1) is 6.16. The smallest absolute Gasteiger partial charge is 0.0869 e. The zero-order valence-electron chi connectivity index (χ0n) is 8.33. The number of hydrogen-bond donors (Lipinski definition) is 2. The molecule has 3 N–H and O–H groups in total. The average molecular weight is 204 g/mol. The third-order valence-corrected chi connectivity index (χ3v) is 2.00. The van der Waals surface area contributed by atoms with Crippen LogP contribution in [-0.2, 0) is 0 Å². The van der Waals surface area contributed by atoms with E-state index in [4.69, 9.17) is 23.1 Å². The van der Waals surface area contributed by atoms with Crippen LogP contribution in [0.25, 0.3) is 0 Å². The van der Waals surface area contributed by atoms with Crippen molar-refractivity contribution in [3.63, 3.8) is 0 Å². The number of unbranched alkanes of at least 4 members (excludes halogenated alkanes) is 3. The van der Waals surface area contributed by atoms with Crippen LogP contribution in [0.2, 0.25) is 0 Å². The fraction of sp³-hybridized carbons (Fsp3) is 0.889. The monoisotopic (exact) mass is 204 g/mol. The predicted octanol–water partition coefficient (Wildman–Crippen LogP) is 0.757. The Hall–Kier alpha value is -0.190. The zero-order chi connectivity index (χ0) is 10.1. The maximum Gasteiger partial charge on any atom is 0.0869 e. The lowest BCUT2D eigenvalue weighted by Gasteiger charge is -2.14. The fourth-order valence-corrected chi connectivity index (χ4v) is 1.41. The molecule has 0 bridgehead atoms. The topological polar surface area (TPSA) is 49.5 Å². The van der Waals surface area contributed by atoms with Gasteiger partial charge in [0.2, 0.25) is 0 Å². The third kappa shape index (κ3) is 9.73. The highest BCUT2D eigenvalue weighted by atomic mass is 32.1. The van der Waals surface area contributed by atoms with E-state index in [0.29, 0.717) is 18.1 Å². The molecule has 0 saturated heterocycles. The SMILES string of the molecule is CN(CCCCCCO)CC(N)=S. The van der Waals surface area contributed by atoms with E-state index in [-0.39, 0.29) is 0 Å². The first kappa shape index (κ1) is 12.8. The lowest BCUT2D eigenvalue weighted by Crippen LogP contribution is -2.30.